The highest BCUT2D eigenvalue weighted by Gasteiger charge is 2.39. The Morgan fingerprint density at radius 3 is 2.53 bits per heavy atom. The van der Waals surface area contributed by atoms with Gasteiger partial charge in [0.05, 0.1) is 0 Å². The van der Waals surface area contributed by atoms with Crippen LogP contribution in [0.15, 0.2) is 0 Å². The molecule has 88 valence electrons. The van der Waals surface area contributed by atoms with Crippen molar-refractivity contribution in [3.63, 3.8) is 0 Å². The van der Waals surface area contributed by atoms with Crippen LogP contribution in [-0.2, 0) is 0 Å². The largest absolute Gasteiger partial charge is 0.301 e. The average Bonchev–Trinajstić information content (AvgIpc) is 2.10. The molecule has 0 aromatic carbocycles. The molecule has 2 aliphatic rings. The predicted molar refractivity (Wildman–Crippen MR) is 73.1 cm³/mol. The van der Waals surface area contributed by atoms with Crippen molar-refractivity contribution in [1.29, 1.82) is 0 Å². The Morgan fingerprint density at radius 1 is 1.33 bits per heavy atom. The van der Waals surface area contributed by atoms with Gasteiger partial charge < -0.3 is 4.90 Å². The molecule has 2 rings (SSSR count). The summed E-state index contributed by atoms with van der Waals surface area (Å²) in [6.45, 7) is 8.58. The summed E-state index contributed by atoms with van der Waals surface area (Å²) in [4.78, 5) is 2.67. The first-order valence-corrected chi connectivity index (χ1v) is 7.64. The zero-order valence-electron chi connectivity index (χ0n) is 9.96. The second-order valence-corrected chi connectivity index (χ2v) is 7.95. The normalized spacial score (nSPS) is 29.8. The molecule has 3 heteroatoms. The zero-order chi connectivity index (χ0) is 10.9. The van der Waals surface area contributed by atoms with Crippen molar-refractivity contribution in [2.75, 3.05) is 31.1 Å². The van der Waals surface area contributed by atoms with E-state index in [2.05, 4.69) is 43.1 Å². The molecule has 15 heavy (non-hydrogen) atoms. The van der Waals surface area contributed by atoms with Gasteiger partial charge in [0.2, 0.25) is 0 Å². The highest BCUT2D eigenvalue weighted by molar-refractivity contribution is 8.00. The molecular weight excluding hydrogens is 222 g/mol. The van der Waals surface area contributed by atoms with E-state index < -0.39 is 0 Å². The highest BCUT2D eigenvalue weighted by atomic mass is 32.2. The first-order valence-electron chi connectivity index (χ1n) is 6.03. The molecule has 1 saturated heterocycles. The van der Waals surface area contributed by atoms with E-state index in [4.69, 9.17) is 0 Å². The van der Waals surface area contributed by atoms with E-state index in [1.807, 2.05) is 0 Å². The van der Waals surface area contributed by atoms with Gasteiger partial charge in [0, 0.05) is 30.1 Å². The van der Waals surface area contributed by atoms with Crippen molar-refractivity contribution in [1.82, 2.24) is 4.90 Å². The zero-order valence-corrected chi connectivity index (χ0v) is 11.7. The van der Waals surface area contributed by atoms with Crippen molar-refractivity contribution in [2.45, 2.75) is 37.9 Å². The van der Waals surface area contributed by atoms with E-state index in [9.17, 15) is 0 Å². The van der Waals surface area contributed by atoms with Gasteiger partial charge in [0.1, 0.15) is 0 Å². The van der Waals surface area contributed by atoms with Crippen LogP contribution in [-0.4, -0.2) is 40.8 Å². The minimum atomic E-state index is 0.458. The second kappa shape index (κ2) is 4.50. The summed E-state index contributed by atoms with van der Waals surface area (Å²) >= 11 is 6.67. The quantitative estimate of drug-likeness (QED) is 0.762. The van der Waals surface area contributed by atoms with Crippen LogP contribution in [0.3, 0.4) is 0 Å². The first kappa shape index (κ1) is 12.1. The Morgan fingerprint density at radius 2 is 2.07 bits per heavy atom. The van der Waals surface area contributed by atoms with Crippen LogP contribution < -0.4 is 0 Å². The lowest BCUT2D eigenvalue weighted by Gasteiger charge is -2.47. The van der Waals surface area contributed by atoms with Gasteiger partial charge in [-0.25, -0.2) is 0 Å². The molecule has 0 aromatic heterocycles. The Hall–Kier alpha value is 0.660. The summed E-state index contributed by atoms with van der Waals surface area (Å²) in [5.74, 6) is 2.38. The number of nitrogens with zero attached hydrogens (tertiary/aromatic N) is 1. The van der Waals surface area contributed by atoms with Crippen molar-refractivity contribution in [3.05, 3.63) is 0 Å². The maximum Gasteiger partial charge on any atom is 0.0231 e. The van der Waals surface area contributed by atoms with Crippen LogP contribution in [0.4, 0.5) is 0 Å². The monoisotopic (exact) mass is 245 g/mol. The van der Waals surface area contributed by atoms with E-state index in [1.165, 1.54) is 44.6 Å². The fraction of sp³-hybridized carbons (Fsp3) is 1.00. The molecule has 0 atom stereocenters. The number of hydrogen-bond acceptors (Lipinski definition) is 3. The minimum absolute atomic E-state index is 0.458. The molecule has 0 aromatic rings. The fourth-order valence-corrected chi connectivity index (χ4v) is 4.36. The molecule has 0 spiro atoms. The molecule has 1 aliphatic heterocycles. The Balaban J connectivity index is 1.88. The van der Waals surface area contributed by atoms with Crippen molar-refractivity contribution >= 4 is 24.4 Å². The van der Waals surface area contributed by atoms with Gasteiger partial charge >= 0.3 is 0 Å². The molecule has 0 N–H and O–H groups in total. The lowest BCUT2D eigenvalue weighted by atomic mass is 9.70. The van der Waals surface area contributed by atoms with Crippen LogP contribution in [0, 0.1) is 5.41 Å². The number of thioether (sulfide) groups is 1. The highest BCUT2D eigenvalue weighted by Crippen LogP contribution is 2.43. The van der Waals surface area contributed by atoms with Gasteiger partial charge in [-0.3, -0.25) is 0 Å². The second-order valence-electron chi connectivity index (χ2n) is 5.83. The molecule has 0 bridgehead atoms. The molecule has 2 fully saturated rings. The maximum absolute atomic E-state index is 4.54. The lowest BCUT2D eigenvalue weighted by molar-refractivity contribution is 0.0876. The molecule has 1 nitrogen and oxygen atoms in total. The Bertz CT molecular complexity index is 218. The van der Waals surface area contributed by atoms with Crippen molar-refractivity contribution in [3.8, 4) is 0 Å². The standard InChI is InChI=1S/C12H23NS2/c1-11(2)8-13(6-7-15-11)9-12(10-14)4-3-5-12/h14H,3-10H2,1-2H3. The fourth-order valence-electron chi connectivity index (χ4n) is 2.77. The van der Waals surface area contributed by atoms with E-state index in [0.717, 1.165) is 5.75 Å². The molecule has 0 unspecified atom stereocenters. The molecule has 0 amide bonds. The summed E-state index contributed by atoms with van der Waals surface area (Å²) in [6, 6.07) is 0. The van der Waals surface area contributed by atoms with E-state index >= 15 is 0 Å². The molecule has 1 aliphatic carbocycles. The van der Waals surface area contributed by atoms with E-state index in [0.29, 0.717) is 10.2 Å². The third-order valence-corrected chi connectivity index (χ3v) is 5.78. The van der Waals surface area contributed by atoms with Gasteiger partial charge in [-0.2, -0.15) is 24.4 Å². The molecule has 1 heterocycles. The topological polar surface area (TPSA) is 3.24 Å². The van der Waals surface area contributed by atoms with Crippen molar-refractivity contribution < 1.29 is 0 Å². The molecule has 1 saturated carbocycles. The number of rotatable bonds is 3. The number of hydrogen-bond donors (Lipinski definition) is 1. The predicted octanol–water partition coefficient (Wildman–Crippen LogP) is 2.91. The summed E-state index contributed by atoms with van der Waals surface area (Å²) in [7, 11) is 0. The minimum Gasteiger partial charge on any atom is -0.301 e. The van der Waals surface area contributed by atoms with Gasteiger partial charge in [-0.1, -0.05) is 6.42 Å². The number of thiol groups is 1. The third-order valence-electron chi connectivity index (χ3n) is 3.81. The van der Waals surface area contributed by atoms with Crippen molar-refractivity contribution in [2.24, 2.45) is 5.41 Å². The lowest BCUT2D eigenvalue weighted by Crippen LogP contribution is -2.50. The summed E-state index contributed by atoms with van der Waals surface area (Å²) in [5.41, 5.74) is 0.571. The van der Waals surface area contributed by atoms with Crippen LogP contribution >= 0.6 is 24.4 Å². The van der Waals surface area contributed by atoms with Gasteiger partial charge in [0.15, 0.2) is 0 Å². The van der Waals surface area contributed by atoms with Crippen LogP contribution in [0.2, 0.25) is 0 Å². The van der Waals surface area contributed by atoms with Gasteiger partial charge in [0.25, 0.3) is 0 Å². The van der Waals surface area contributed by atoms with Crippen LogP contribution in [0.25, 0.3) is 0 Å². The summed E-state index contributed by atoms with van der Waals surface area (Å²) in [5, 5.41) is 0. The Kier molecular flexibility index (Phi) is 3.64. The average molecular weight is 245 g/mol. The van der Waals surface area contributed by atoms with E-state index in [-0.39, 0.29) is 0 Å². The summed E-state index contributed by atoms with van der Waals surface area (Å²) in [6.07, 6.45) is 4.23. The Labute approximate surface area is 104 Å². The smallest absolute Gasteiger partial charge is 0.0231 e. The maximum atomic E-state index is 4.54. The van der Waals surface area contributed by atoms with Gasteiger partial charge in [-0.15, -0.1) is 0 Å². The van der Waals surface area contributed by atoms with Crippen LogP contribution in [0.5, 0.6) is 0 Å². The molecular formula is C12H23NS2. The SMILES string of the molecule is CC1(C)CN(CC2(CS)CCC2)CCS1. The van der Waals surface area contributed by atoms with Gasteiger partial charge in [-0.05, 0) is 37.9 Å². The molecule has 0 radical (unpaired) electrons. The third kappa shape index (κ3) is 2.86. The summed E-state index contributed by atoms with van der Waals surface area (Å²) < 4.78 is 0.458. The first-order chi connectivity index (χ1) is 7.05. The van der Waals surface area contributed by atoms with Crippen LogP contribution in [0.1, 0.15) is 33.1 Å². The van der Waals surface area contributed by atoms with E-state index in [1.54, 1.807) is 0 Å².